The Morgan fingerprint density at radius 3 is 2.40 bits per heavy atom. The van der Waals surface area contributed by atoms with Crippen LogP contribution in [0.25, 0.3) is 11.3 Å². The van der Waals surface area contributed by atoms with Crippen molar-refractivity contribution in [3.63, 3.8) is 0 Å². The standard InChI is InChI=1S/C15H21N3.C2H6/c1-4-13-5-7-14(8-6-13)15-10-18(11-17-15)12(2)9-16-3;1-2/h5-8,10-12,16H,4,9H2,1-3H3;1-2H3. The summed E-state index contributed by atoms with van der Waals surface area (Å²) in [5.41, 5.74) is 3.59. The number of nitrogens with one attached hydrogen (secondary N) is 1. The van der Waals surface area contributed by atoms with Crippen molar-refractivity contribution in [1.82, 2.24) is 14.9 Å². The molecule has 0 aliphatic carbocycles. The number of aryl methyl sites for hydroxylation is 1. The van der Waals surface area contributed by atoms with E-state index in [0.29, 0.717) is 6.04 Å². The van der Waals surface area contributed by atoms with E-state index in [-0.39, 0.29) is 0 Å². The Morgan fingerprint density at radius 1 is 1.20 bits per heavy atom. The maximum Gasteiger partial charge on any atom is 0.0956 e. The van der Waals surface area contributed by atoms with E-state index in [4.69, 9.17) is 0 Å². The van der Waals surface area contributed by atoms with Crippen LogP contribution in [0.15, 0.2) is 36.8 Å². The predicted molar refractivity (Wildman–Crippen MR) is 87.0 cm³/mol. The van der Waals surface area contributed by atoms with Crippen LogP contribution in [0.4, 0.5) is 0 Å². The lowest BCUT2D eigenvalue weighted by Crippen LogP contribution is -2.18. The highest BCUT2D eigenvalue weighted by Gasteiger charge is 2.06. The van der Waals surface area contributed by atoms with Crippen LogP contribution < -0.4 is 5.32 Å². The molecule has 0 aliphatic heterocycles. The van der Waals surface area contributed by atoms with Gasteiger partial charge in [-0.3, -0.25) is 0 Å². The molecule has 1 aromatic carbocycles. The first-order valence-electron chi connectivity index (χ1n) is 7.52. The van der Waals surface area contributed by atoms with Crippen molar-refractivity contribution in [2.24, 2.45) is 0 Å². The molecule has 0 fully saturated rings. The molecule has 1 N–H and O–H groups in total. The molecular formula is C17H27N3. The molecule has 0 spiro atoms. The van der Waals surface area contributed by atoms with Gasteiger partial charge in [-0.1, -0.05) is 45.0 Å². The lowest BCUT2D eigenvalue weighted by molar-refractivity contribution is 0.517. The van der Waals surface area contributed by atoms with Crippen LogP contribution in [0.3, 0.4) is 0 Å². The molecule has 0 saturated carbocycles. The van der Waals surface area contributed by atoms with Crippen LogP contribution in [0.1, 0.15) is 39.3 Å². The highest BCUT2D eigenvalue weighted by molar-refractivity contribution is 5.58. The van der Waals surface area contributed by atoms with Gasteiger partial charge in [0.05, 0.1) is 12.0 Å². The molecule has 0 aliphatic rings. The van der Waals surface area contributed by atoms with Gasteiger partial charge in [-0.25, -0.2) is 4.98 Å². The first-order chi connectivity index (χ1) is 9.74. The van der Waals surface area contributed by atoms with Gasteiger partial charge in [0.15, 0.2) is 0 Å². The van der Waals surface area contributed by atoms with Crippen LogP contribution in [0, 0.1) is 0 Å². The van der Waals surface area contributed by atoms with Crippen LogP contribution >= 0.6 is 0 Å². The fourth-order valence-corrected chi connectivity index (χ4v) is 2.04. The first-order valence-corrected chi connectivity index (χ1v) is 7.52. The summed E-state index contributed by atoms with van der Waals surface area (Å²) in [5, 5.41) is 3.18. The Bertz CT molecular complexity index is 485. The summed E-state index contributed by atoms with van der Waals surface area (Å²) < 4.78 is 2.15. The fraction of sp³-hybridized carbons (Fsp3) is 0.471. The van der Waals surface area contributed by atoms with E-state index in [0.717, 1.165) is 18.7 Å². The average molecular weight is 273 g/mol. The van der Waals surface area contributed by atoms with Gasteiger partial charge >= 0.3 is 0 Å². The minimum Gasteiger partial charge on any atom is -0.333 e. The largest absolute Gasteiger partial charge is 0.333 e. The molecule has 20 heavy (non-hydrogen) atoms. The molecular weight excluding hydrogens is 246 g/mol. The molecule has 0 saturated heterocycles. The summed E-state index contributed by atoms with van der Waals surface area (Å²) in [5.74, 6) is 0. The molecule has 3 heteroatoms. The van der Waals surface area contributed by atoms with Crippen molar-refractivity contribution in [2.75, 3.05) is 13.6 Å². The van der Waals surface area contributed by atoms with E-state index in [1.807, 2.05) is 27.2 Å². The van der Waals surface area contributed by atoms with Gasteiger partial charge in [-0.05, 0) is 26.0 Å². The third-order valence-electron chi connectivity index (χ3n) is 3.27. The number of hydrogen-bond acceptors (Lipinski definition) is 2. The van der Waals surface area contributed by atoms with Gasteiger partial charge in [0.25, 0.3) is 0 Å². The van der Waals surface area contributed by atoms with Gasteiger partial charge in [0, 0.05) is 24.3 Å². The SMILES string of the molecule is CC.CCc1ccc(-c2cn(C(C)CNC)cn2)cc1. The molecule has 1 aromatic heterocycles. The van der Waals surface area contributed by atoms with Crippen molar-refractivity contribution in [3.05, 3.63) is 42.4 Å². The first kappa shape index (κ1) is 16.4. The molecule has 1 heterocycles. The fourth-order valence-electron chi connectivity index (χ4n) is 2.04. The second kappa shape index (κ2) is 8.54. The number of rotatable bonds is 5. The maximum absolute atomic E-state index is 4.48. The maximum atomic E-state index is 4.48. The summed E-state index contributed by atoms with van der Waals surface area (Å²) in [4.78, 5) is 4.48. The summed E-state index contributed by atoms with van der Waals surface area (Å²) >= 11 is 0. The average Bonchev–Trinajstić information content (AvgIpc) is 3.00. The molecule has 110 valence electrons. The minimum absolute atomic E-state index is 0.422. The van der Waals surface area contributed by atoms with Gasteiger partial charge in [-0.2, -0.15) is 0 Å². The highest BCUT2D eigenvalue weighted by Crippen LogP contribution is 2.19. The van der Waals surface area contributed by atoms with E-state index in [9.17, 15) is 0 Å². The van der Waals surface area contributed by atoms with Crippen LogP contribution in [-0.2, 0) is 6.42 Å². The van der Waals surface area contributed by atoms with Crippen LogP contribution in [0.2, 0.25) is 0 Å². The van der Waals surface area contributed by atoms with Crippen molar-refractivity contribution in [2.45, 2.75) is 40.2 Å². The molecule has 1 unspecified atom stereocenters. The zero-order valence-corrected chi connectivity index (χ0v) is 13.4. The quantitative estimate of drug-likeness (QED) is 0.895. The highest BCUT2D eigenvalue weighted by atomic mass is 15.1. The Kier molecular flexibility index (Phi) is 7.02. The molecule has 0 amide bonds. The number of hydrogen-bond donors (Lipinski definition) is 1. The third-order valence-corrected chi connectivity index (χ3v) is 3.27. The Balaban J connectivity index is 0.000000956. The Labute approximate surface area is 123 Å². The normalized spacial score (nSPS) is 11.7. The van der Waals surface area contributed by atoms with Crippen molar-refractivity contribution in [3.8, 4) is 11.3 Å². The van der Waals surface area contributed by atoms with Crippen LogP contribution in [-0.4, -0.2) is 23.1 Å². The van der Waals surface area contributed by atoms with Crippen LogP contribution in [0.5, 0.6) is 0 Å². The lowest BCUT2D eigenvalue weighted by Gasteiger charge is -2.11. The number of likely N-dealkylation sites (N-methyl/N-ethyl adjacent to an activating group) is 1. The topological polar surface area (TPSA) is 29.9 Å². The van der Waals surface area contributed by atoms with E-state index in [1.54, 1.807) is 0 Å². The molecule has 0 radical (unpaired) electrons. The number of aromatic nitrogens is 2. The third kappa shape index (κ3) is 4.20. The zero-order chi connectivity index (χ0) is 15.0. The van der Waals surface area contributed by atoms with Gasteiger partial charge in [0.1, 0.15) is 0 Å². The second-order valence-corrected chi connectivity index (χ2v) is 4.66. The molecule has 1 atom stereocenters. The Hall–Kier alpha value is -1.61. The van der Waals surface area contributed by atoms with Gasteiger partial charge in [-0.15, -0.1) is 0 Å². The van der Waals surface area contributed by atoms with E-state index in [1.165, 1.54) is 11.1 Å². The second-order valence-electron chi connectivity index (χ2n) is 4.66. The van der Waals surface area contributed by atoms with Crippen molar-refractivity contribution in [1.29, 1.82) is 0 Å². The monoisotopic (exact) mass is 273 g/mol. The predicted octanol–water partition coefficient (Wildman–Crippen LogP) is 3.92. The number of imidazole rings is 1. The molecule has 0 bridgehead atoms. The number of nitrogens with zero attached hydrogens (tertiary/aromatic N) is 2. The summed E-state index contributed by atoms with van der Waals surface area (Å²) in [6.45, 7) is 9.30. The number of benzene rings is 1. The van der Waals surface area contributed by atoms with E-state index in [2.05, 4.69) is 59.2 Å². The molecule has 2 aromatic rings. The van der Waals surface area contributed by atoms with E-state index < -0.39 is 0 Å². The van der Waals surface area contributed by atoms with Crippen molar-refractivity contribution >= 4 is 0 Å². The smallest absolute Gasteiger partial charge is 0.0956 e. The van der Waals surface area contributed by atoms with Gasteiger partial charge in [0.2, 0.25) is 0 Å². The summed E-state index contributed by atoms with van der Waals surface area (Å²) in [6.07, 6.45) is 5.10. The summed E-state index contributed by atoms with van der Waals surface area (Å²) in [6, 6.07) is 9.06. The minimum atomic E-state index is 0.422. The Morgan fingerprint density at radius 2 is 1.85 bits per heavy atom. The lowest BCUT2D eigenvalue weighted by atomic mass is 10.1. The zero-order valence-electron chi connectivity index (χ0n) is 13.4. The molecule has 3 nitrogen and oxygen atoms in total. The van der Waals surface area contributed by atoms with Crippen molar-refractivity contribution < 1.29 is 0 Å². The molecule has 2 rings (SSSR count). The summed E-state index contributed by atoms with van der Waals surface area (Å²) in [7, 11) is 1.97. The van der Waals surface area contributed by atoms with E-state index >= 15 is 0 Å². The van der Waals surface area contributed by atoms with Gasteiger partial charge < -0.3 is 9.88 Å².